The molecule has 0 spiro atoms. The molecule has 0 N–H and O–H groups in total. The maximum atomic E-state index is 11.5. The standard InChI is InChI=1S/C36H65NO17/c1-36(2,3)54-35(40)32-53-31-30-52-29-28-51-27-26-50-25-24-49-23-22-48-21-20-47-19-18-46-17-16-45-15-14-44-13-12-43-11-10-42-9-8-41-7-6-37-33(38)4-5-34(37)39/h4-5H,6-32H2,1-3H3. The van der Waals surface area contributed by atoms with Crippen LogP contribution in [0.3, 0.4) is 0 Å². The van der Waals surface area contributed by atoms with E-state index in [1.165, 1.54) is 12.2 Å². The summed E-state index contributed by atoms with van der Waals surface area (Å²) in [4.78, 5) is 35.5. The van der Waals surface area contributed by atoms with E-state index in [1.807, 2.05) is 20.8 Å². The molecular weight excluding hydrogens is 718 g/mol. The van der Waals surface area contributed by atoms with Crippen LogP contribution in [0.1, 0.15) is 20.8 Å². The highest BCUT2D eigenvalue weighted by Crippen LogP contribution is 2.06. The van der Waals surface area contributed by atoms with E-state index in [2.05, 4.69) is 0 Å². The van der Waals surface area contributed by atoms with E-state index in [0.717, 1.165) is 4.90 Å². The van der Waals surface area contributed by atoms with Gasteiger partial charge in [0.25, 0.3) is 11.8 Å². The van der Waals surface area contributed by atoms with Crippen molar-refractivity contribution in [3.8, 4) is 0 Å². The second kappa shape index (κ2) is 36.5. The van der Waals surface area contributed by atoms with Gasteiger partial charge in [0.1, 0.15) is 12.2 Å². The highest BCUT2D eigenvalue weighted by Gasteiger charge is 2.22. The van der Waals surface area contributed by atoms with Crippen molar-refractivity contribution in [3.63, 3.8) is 0 Å². The number of carbonyl (C=O) groups excluding carboxylic acids is 3. The van der Waals surface area contributed by atoms with Gasteiger partial charge < -0.3 is 66.3 Å². The van der Waals surface area contributed by atoms with E-state index < -0.39 is 11.6 Å². The average molecular weight is 784 g/mol. The first kappa shape index (κ1) is 49.8. The van der Waals surface area contributed by atoms with Gasteiger partial charge in [-0.1, -0.05) is 0 Å². The lowest BCUT2D eigenvalue weighted by Crippen LogP contribution is -2.33. The van der Waals surface area contributed by atoms with Gasteiger partial charge >= 0.3 is 5.97 Å². The van der Waals surface area contributed by atoms with E-state index in [4.69, 9.17) is 66.3 Å². The Balaban J connectivity index is 1.63. The topological polar surface area (TPSA) is 184 Å². The summed E-state index contributed by atoms with van der Waals surface area (Å²) in [6.07, 6.45) is 2.50. The molecule has 1 rings (SSSR count). The second-order valence-corrected chi connectivity index (χ2v) is 12.1. The zero-order valence-corrected chi connectivity index (χ0v) is 32.6. The molecular formula is C36H65NO17. The van der Waals surface area contributed by atoms with Crippen molar-refractivity contribution in [2.24, 2.45) is 0 Å². The van der Waals surface area contributed by atoms with E-state index in [1.54, 1.807) is 0 Å². The third-order valence-electron chi connectivity index (χ3n) is 6.46. The Kier molecular flexibility index (Phi) is 33.7. The second-order valence-electron chi connectivity index (χ2n) is 12.1. The van der Waals surface area contributed by atoms with Crippen LogP contribution >= 0.6 is 0 Å². The molecule has 0 aliphatic carbocycles. The van der Waals surface area contributed by atoms with Crippen molar-refractivity contribution >= 4 is 17.8 Å². The van der Waals surface area contributed by atoms with Gasteiger partial charge in [-0.2, -0.15) is 0 Å². The average Bonchev–Trinajstić information content (AvgIpc) is 3.45. The normalized spacial score (nSPS) is 13.1. The minimum absolute atomic E-state index is 0.0903. The van der Waals surface area contributed by atoms with Crippen molar-refractivity contribution in [2.45, 2.75) is 26.4 Å². The van der Waals surface area contributed by atoms with Crippen molar-refractivity contribution < 1.29 is 80.7 Å². The van der Waals surface area contributed by atoms with Crippen LogP contribution in [-0.4, -0.2) is 207 Å². The van der Waals surface area contributed by atoms with Crippen LogP contribution in [0.4, 0.5) is 0 Å². The lowest BCUT2D eigenvalue weighted by Gasteiger charge is -2.19. The van der Waals surface area contributed by atoms with Gasteiger partial charge in [-0.25, -0.2) is 4.79 Å². The Bertz CT molecular complexity index is 915. The Morgan fingerprint density at radius 1 is 0.407 bits per heavy atom. The highest BCUT2D eigenvalue weighted by atomic mass is 16.6. The number of hydrogen-bond donors (Lipinski definition) is 0. The van der Waals surface area contributed by atoms with E-state index in [0.29, 0.717) is 159 Å². The summed E-state index contributed by atoms with van der Waals surface area (Å²) < 4.78 is 75.7. The fourth-order valence-electron chi connectivity index (χ4n) is 3.97. The molecule has 0 bridgehead atoms. The minimum atomic E-state index is -0.518. The molecule has 18 nitrogen and oxygen atoms in total. The third kappa shape index (κ3) is 34.3. The highest BCUT2D eigenvalue weighted by molar-refractivity contribution is 6.12. The number of imide groups is 1. The summed E-state index contributed by atoms with van der Waals surface area (Å²) in [5, 5.41) is 0. The fourth-order valence-corrected chi connectivity index (χ4v) is 3.97. The van der Waals surface area contributed by atoms with Crippen LogP contribution < -0.4 is 0 Å². The monoisotopic (exact) mass is 783 g/mol. The molecule has 316 valence electrons. The largest absolute Gasteiger partial charge is 0.458 e. The molecule has 0 radical (unpaired) electrons. The molecule has 0 fully saturated rings. The summed E-state index contributed by atoms with van der Waals surface area (Å²) in [6.45, 7) is 16.6. The SMILES string of the molecule is CC(C)(C)OC(=O)COCCOCCOCCOCCOCCOCCOCCOCCOCCOCCOCCOCCOCCN1C(=O)C=CC1=O. The van der Waals surface area contributed by atoms with Crippen LogP contribution in [0.25, 0.3) is 0 Å². The van der Waals surface area contributed by atoms with Gasteiger partial charge in [-0.3, -0.25) is 14.5 Å². The van der Waals surface area contributed by atoms with Crippen molar-refractivity contribution in [3.05, 3.63) is 12.2 Å². The molecule has 0 aromatic carbocycles. The van der Waals surface area contributed by atoms with Gasteiger partial charge in [-0.15, -0.1) is 0 Å². The van der Waals surface area contributed by atoms with Crippen LogP contribution in [0.2, 0.25) is 0 Å². The Labute approximate surface area is 320 Å². The number of esters is 1. The maximum Gasteiger partial charge on any atom is 0.332 e. The Hall–Kier alpha value is -2.17. The molecule has 0 aromatic heterocycles. The predicted octanol–water partition coefficient (Wildman–Crippen LogP) is 0.469. The van der Waals surface area contributed by atoms with E-state index in [9.17, 15) is 14.4 Å². The number of rotatable bonds is 41. The first-order chi connectivity index (χ1) is 26.3. The molecule has 0 atom stereocenters. The number of ether oxygens (including phenoxy) is 14. The zero-order valence-electron chi connectivity index (χ0n) is 32.6. The smallest absolute Gasteiger partial charge is 0.332 e. The molecule has 0 saturated carbocycles. The number of carbonyl (C=O) groups is 3. The molecule has 1 aliphatic heterocycles. The number of hydrogen-bond acceptors (Lipinski definition) is 17. The zero-order chi connectivity index (χ0) is 39.2. The minimum Gasteiger partial charge on any atom is -0.458 e. The molecule has 54 heavy (non-hydrogen) atoms. The van der Waals surface area contributed by atoms with Crippen LogP contribution in [0.15, 0.2) is 12.2 Å². The van der Waals surface area contributed by atoms with Crippen molar-refractivity contribution in [1.29, 1.82) is 0 Å². The third-order valence-corrected chi connectivity index (χ3v) is 6.46. The summed E-state index contributed by atoms with van der Waals surface area (Å²) in [5.74, 6) is -1.01. The fraction of sp³-hybridized carbons (Fsp3) is 0.861. The summed E-state index contributed by atoms with van der Waals surface area (Å²) in [6, 6.07) is 0. The van der Waals surface area contributed by atoms with Gasteiger partial charge in [-0.05, 0) is 20.8 Å². The lowest BCUT2D eigenvalue weighted by atomic mass is 10.2. The van der Waals surface area contributed by atoms with E-state index >= 15 is 0 Å². The van der Waals surface area contributed by atoms with Crippen LogP contribution in [0, 0.1) is 0 Å². The lowest BCUT2D eigenvalue weighted by molar-refractivity contribution is -0.160. The van der Waals surface area contributed by atoms with E-state index in [-0.39, 0.29) is 31.6 Å². The van der Waals surface area contributed by atoms with Crippen LogP contribution in [-0.2, 0) is 80.7 Å². The van der Waals surface area contributed by atoms with Crippen molar-refractivity contribution in [2.75, 3.05) is 178 Å². The first-order valence-corrected chi connectivity index (χ1v) is 18.6. The van der Waals surface area contributed by atoms with Gasteiger partial charge in [0.15, 0.2) is 0 Å². The molecule has 1 aliphatic rings. The number of nitrogens with zero attached hydrogens (tertiary/aromatic N) is 1. The molecule has 2 amide bonds. The summed E-state index contributed by atoms with van der Waals surface area (Å²) in [7, 11) is 0. The number of amides is 2. The van der Waals surface area contributed by atoms with Gasteiger partial charge in [0.2, 0.25) is 0 Å². The Morgan fingerprint density at radius 2 is 0.630 bits per heavy atom. The molecule has 18 heteroatoms. The van der Waals surface area contributed by atoms with Gasteiger partial charge in [0, 0.05) is 12.2 Å². The summed E-state index contributed by atoms with van der Waals surface area (Å²) in [5.41, 5.74) is -0.518. The summed E-state index contributed by atoms with van der Waals surface area (Å²) >= 11 is 0. The predicted molar refractivity (Wildman–Crippen MR) is 192 cm³/mol. The van der Waals surface area contributed by atoms with Crippen LogP contribution in [0.5, 0.6) is 0 Å². The first-order valence-electron chi connectivity index (χ1n) is 18.6. The molecule has 0 unspecified atom stereocenters. The van der Waals surface area contributed by atoms with Gasteiger partial charge in [0.05, 0.1) is 172 Å². The molecule has 0 aromatic rings. The Morgan fingerprint density at radius 3 is 0.870 bits per heavy atom. The van der Waals surface area contributed by atoms with Crippen molar-refractivity contribution in [1.82, 2.24) is 4.90 Å². The molecule has 0 saturated heterocycles. The maximum absolute atomic E-state index is 11.5. The quantitative estimate of drug-likeness (QED) is 0.0473. The molecule has 1 heterocycles.